The molecular formula is C19H27FN2O4S. The maximum Gasteiger partial charge on any atom is 0.251 e. The van der Waals surface area contributed by atoms with E-state index < -0.39 is 27.6 Å². The van der Waals surface area contributed by atoms with E-state index in [1.807, 2.05) is 20.8 Å². The number of nitrogens with zero attached hydrogens (tertiary/aromatic N) is 1. The minimum atomic E-state index is -3.13. The maximum atomic E-state index is 13.2. The van der Waals surface area contributed by atoms with Crippen molar-refractivity contribution < 1.29 is 22.4 Å². The number of amides is 2. The molecule has 6 nitrogen and oxygen atoms in total. The number of benzene rings is 1. The molecule has 8 heteroatoms. The standard InChI is InChI=1S/C19H27FN2O4S/c1-4-10-22(16-9-11-27(25,26)12-16)19(24)17(13(2)3)21-18(23)14-5-7-15(20)8-6-14/h5-8,13,16-17H,4,9-12H2,1-3H3,(H,21,23). The molecule has 1 aromatic carbocycles. The summed E-state index contributed by atoms with van der Waals surface area (Å²) in [7, 11) is -3.13. The summed E-state index contributed by atoms with van der Waals surface area (Å²) < 4.78 is 36.7. The zero-order valence-corrected chi connectivity index (χ0v) is 16.8. The molecule has 27 heavy (non-hydrogen) atoms. The van der Waals surface area contributed by atoms with E-state index in [4.69, 9.17) is 0 Å². The summed E-state index contributed by atoms with van der Waals surface area (Å²) in [5.41, 5.74) is 0.264. The highest BCUT2D eigenvalue weighted by Gasteiger charge is 2.37. The van der Waals surface area contributed by atoms with Crippen LogP contribution >= 0.6 is 0 Å². The van der Waals surface area contributed by atoms with E-state index in [0.717, 1.165) is 0 Å². The van der Waals surface area contributed by atoms with Gasteiger partial charge in [0.25, 0.3) is 5.91 Å². The molecule has 1 aliphatic heterocycles. The van der Waals surface area contributed by atoms with Gasteiger partial charge in [-0.05, 0) is 43.0 Å². The fourth-order valence-corrected chi connectivity index (χ4v) is 4.98. The van der Waals surface area contributed by atoms with Crippen LogP contribution in [0.25, 0.3) is 0 Å². The minimum absolute atomic E-state index is 0.0323. The Kier molecular flexibility index (Phi) is 6.97. The van der Waals surface area contributed by atoms with Crippen molar-refractivity contribution in [3.63, 3.8) is 0 Å². The van der Waals surface area contributed by atoms with Crippen molar-refractivity contribution in [1.29, 1.82) is 0 Å². The molecular weight excluding hydrogens is 371 g/mol. The first kappa shape index (κ1) is 21.3. The van der Waals surface area contributed by atoms with Crippen molar-refractivity contribution >= 4 is 21.7 Å². The molecule has 0 saturated carbocycles. The molecule has 0 aromatic heterocycles. The quantitative estimate of drug-likeness (QED) is 0.762. The smallest absolute Gasteiger partial charge is 0.251 e. The van der Waals surface area contributed by atoms with Crippen LogP contribution < -0.4 is 5.32 Å². The van der Waals surface area contributed by atoms with Crippen molar-refractivity contribution in [3.8, 4) is 0 Å². The fourth-order valence-electron chi connectivity index (χ4n) is 3.25. The van der Waals surface area contributed by atoms with Crippen molar-refractivity contribution in [2.45, 2.75) is 45.7 Å². The van der Waals surface area contributed by atoms with Crippen molar-refractivity contribution in [2.75, 3.05) is 18.1 Å². The molecule has 1 saturated heterocycles. The average molecular weight is 399 g/mol. The number of carbonyl (C=O) groups excluding carboxylic acids is 2. The van der Waals surface area contributed by atoms with Crippen molar-refractivity contribution in [1.82, 2.24) is 10.2 Å². The van der Waals surface area contributed by atoms with Gasteiger partial charge in [-0.15, -0.1) is 0 Å². The number of sulfone groups is 1. The van der Waals surface area contributed by atoms with Gasteiger partial charge in [0.1, 0.15) is 11.9 Å². The van der Waals surface area contributed by atoms with Crippen LogP contribution in [0.4, 0.5) is 4.39 Å². The first-order valence-corrected chi connectivity index (χ1v) is 11.0. The van der Waals surface area contributed by atoms with E-state index in [1.165, 1.54) is 24.3 Å². The average Bonchev–Trinajstić information content (AvgIpc) is 2.96. The van der Waals surface area contributed by atoms with E-state index in [9.17, 15) is 22.4 Å². The Hall–Kier alpha value is -1.96. The van der Waals surface area contributed by atoms with Crippen LogP contribution in [0, 0.1) is 11.7 Å². The summed E-state index contributed by atoms with van der Waals surface area (Å²) in [6, 6.07) is 3.96. The van der Waals surface area contributed by atoms with E-state index >= 15 is 0 Å². The van der Waals surface area contributed by atoms with Crippen LogP contribution in [0.5, 0.6) is 0 Å². The van der Waals surface area contributed by atoms with Gasteiger partial charge >= 0.3 is 0 Å². The van der Waals surface area contributed by atoms with Crippen LogP contribution in [0.1, 0.15) is 44.0 Å². The summed E-state index contributed by atoms with van der Waals surface area (Å²) in [6.45, 7) is 6.01. The normalized spacial score (nSPS) is 19.7. The summed E-state index contributed by atoms with van der Waals surface area (Å²) in [6.07, 6.45) is 1.11. The minimum Gasteiger partial charge on any atom is -0.340 e. The van der Waals surface area contributed by atoms with Gasteiger partial charge in [-0.25, -0.2) is 12.8 Å². The third-order valence-corrected chi connectivity index (χ3v) is 6.47. The monoisotopic (exact) mass is 398 g/mol. The third kappa shape index (κ3) is 5.51. The van der Waals surface area contributed by atoms with Gasteiger partial charge in [0, 0.05) is 18.2 Å². The number of hydrogen-bond acceptors (Lipinski definition) is 4. The molecule has 0 spiro atoms. The number of carbonyl (C=O) groups is 2. The first-order valence-electron chi connectivity index (χ1n) is 9.22. The lowest BCUT2D eigenvalue weighted by Gasteiger charge is -2.33. The molecule has 2 amide bonds. The Balaban J connectivity index is 2.18. The molecule has 0 radical (unpaired) electrons. The summed E-state index contributed by atoms with van der Waals surface area (Å²) in [5.74, 6) is -1.31. The zero-order valence-electron chi connectivity index (χ0n) is 15.9. The molecule has 1 heterocycles. The topological polar surface area (TPSA) is 83.6 Å². The number of nitrogens with one attached hydrogen (secondary N) is 1. The van der Waals surface area contributed by atoms with Crippen molar-refractivity contribution in [2.24, 2.45) is 5.92 Å². The van der Waals surface area contributed by atoms with Crippen LogP contribution in [0.3, 0.4) is 0 Å². The summed E-state index contributed by atoms with van der Waals surface area (Å²) in [5, 5.41) is 2.73. The number of rotatable bonds is 7. The van der Waals surface area contributed by atoms with Crippen LogP contribution in [0.15, 0.2) is 24.3 Å². The highest BCUT2D eigenvalue weighted by molar-refractivity contribution is 7.91. The lowest BCUT2D eigenvalue weighted by atomic mass is 10.0. The third-order valence-electron chi connectivity index (χ3n) is 4.72. The predicted molar refractivity (Wildman–Crippen MR) is 102 cm³/mol. The molecule has 1 N–H and O–H groups in total. The Morgan fingerprint density at radius 3 is 2.37 bits per heavy atom. The molecule has 2 rings (SSSR count). The molecule has 0 aliphatic carbocycles. The first-order chi connectivity index (χ1) is 12.6. The van der Waals surface area contributed by atoms with Gasteiger partial charge in [0.15, 0.2) is 9.84 Å². The molecule has 2 unspecified atom stereocenters. The van der Waals surface area contributed by atoms with Gasteiger partial charge in [0.05, 0.1) is 11.5 Å². The largest absolute Gasteiger partial charge is 0.340 e. The van der Waals surface area contributed by atoms with Gasteiger partial charge < -0.3 is 10.2 Å². The predicted octanol–water partition coefficient (Wildman–Crippen LogP) is 2.01. The van der Waals surface area contributed by atoms with Gasteiger partial charge in [-0.1, -0.05) is 20.8 Å². The number of halogens is 1. The second kappa shape index (κ2) is 8.82. The molecule has 1 fully saturated rings. The molecule has 2 atom stereocenters. The van der Waals surface area contributed by atoms with E-state index in [2.05, 4.69) is 5.32 Å². The lowest BCUT2D eigenvalue weighted by Crippen LogP contribution is -2.54. The molecule has 150 valence electrons. The highest BCUT2D eigenvalue weighted by atomic mass is 32.2. The lowest BCUT2D eigenvalue weighted by molar-refractivity contribution is -0.136. The Labute approximate surface area is 160 Å². The Morgan fingerprint density at radius 2 is 1.89 bits per heavy atom. The summed E-state index contributed by atoms with van der Waals surface area (Å²) >= 11 is 0. The Morgan fingerprint density at radius 1 is 1.26 bits per heavy atom. The van der Waals surface area contributed by atoms with E-state index in [1.54, 1.807) is 4.90 Å². The molecule has 1 aromatic rings. The van der Waals surface area contributed by atoms with Gasteiger partial charge in [0.2, 0.25) is 5.91 Å². The van der Waals surface area contributed by atoms with Gasteiger partial charge in [-0.3, -0.25) is 9.59 Å². The molecule has 0 bridgehead atoms. The van der Waals surface area contributed by atoms with Crippen LogP contribution in [-0.4, -0.2) is 55.3 Å². The highest BCUT2D eigenvalue weighted by Crippen LogP contribution is 2.20. The van der Waals surface area contributed by atoms with E-state index in [-0.39, 0.29) is 34.9 Å². The SMILES string of the molecule is CCCN(C(=O)C(NC(=O)c1ccc(F)cc1)C(C)C)C1CCS(=O)(=O)C1. The van der Waals surface area contributed by atoms with Crippen LogP contribution in [0.2, 0.25) is 0 Å². The fraction of sp³-hybridized carbons (Fsp3) is 0.579. The maximum absolute atomic E-state index is 13.2. The van der Waals surface area contributed by atoms with Crippen molar-refractivity contribution in [3.05, 3.63) is 35.6 Å². The summed E-state index contributed by atoms with van der Waals surface area (Å²) in [4.78, 5) is 27.2. The van der Waals surface area contributed by atoms with Crippen LogP contribution in [-0.2, 0) is 14.6 Å². The Bertz CT molecular complexity index is 777. The zero-order chi connectivity index (χ0) is 20.2. The molecule has 1 aliphatic rings. The second-order valence-electron chi connectivity index (χ2n) is 7.29. The second-order valence-corrected chi connectivity index (χ2v) is 9.52. The van der Waals surface area contributed by atoms with Gasteiger partial charge in [-0.2, -0.15) is 0 Å². The van der Waals surface area contributed by atoms with E-state index in [0.29, 0.717) is 19.4 Å². The number of hydrogen-bond donors (Lipinski definition) is 1.